The van der Waals surface area contributed by atoms with Crippen LogP contribution in [0.25, 0.3) is 17.2 Å². The lowest BCUT2D eigenvalue weighted by molar-refractivity contribution is 0.824. The molecule has 8 nitrogen and oxygen atoms in total. The Morgan fingerprint density at radius 1 is 1.07 bits per heavy atom. The zero-order valence-corrected chi connectivity index (χ0v) is 16.0. The summed E-state index contributed by atoms with van der Waals surface area (Å²) in [4.78, 5) is 13.2. The summed E-state index contributed by atoms with van der Waals surface area (Å²) >= 11 is 1.46. The Morgan fingerprint density at radius 3 is 2.63 bits per heavy atom. The molecular formula is C18H18N8S. The van der Waals surface area contributed by atoms with Crippen LogP contribution >= 0.6 is 11.8 Å². The van der Waals surface area contributed by atoms with Crippen molar-refractivity contribution in [2.24, 2.45) is 0 Å². The number of benzene rings is 1. The predicted molar refractivity (Wildman–Crippen MR) is 105 cm³/mol. The Balaban J connectivity index is 1.67. The van der Waals surface area contributed by atoms with Crippen LogP contribution in [0.2, 0.25) is 0 Å². The zero-order chi connectivity index (χ0) is 18.8. The molecule has 0 unspecified atom stereocenters. The van der Waals surface area contributed by atoms with Gasteiger partial charge in [-0.1, -0.05) is 30.8 Å². The highest BCUT2D eigenvalue weighted by atomic mass is 32.2. The smallest absolute Gasteiger partial charge is 0.272 e. The molecular weight excluding hydrogens is 360 g/mol. The van der Waals surface area contributed by atoms with Gasteiger partial charge in [-0.05, 0) is 43.4 Å². The summed E-state index contributed by atoms with van der Waals surface area (Å²) in [5.74, 6) is 0.977. The third-order valence-electron chi connectivity index (χ3n) is 4.17. The van der Waals surface area contributed by atoms with Gasteiger partial charge in [-0.2, -0.15) is 9.50 Å². The first-order valence-electron chi connectivity index (χ1n) is 8.51. The van der Waals surface area contributed by atoms with Gasteiger partial charge in [-0.25, -0.2) is 9.97 Å². The van der Waals surface area contributed by atoms with Gasteiger partial charge < -0.3 is 5.32 Å². The maximum absolute atomic E-state index is 4.58. The fourth-order valence-corrected chi connectivity index (χ4v) is 3.01. The van der Waals surface area contributed by atoms with Crippen LogP contribution in [0.1, 0.15) is 18.2 Å². The SMILES string of the molecule is CCc1ccc(Nc2nccc(-c3nnc4nc(SC)nn4c3C)n2)cc1. The highest BCUT2D eigenvalue weighted by Crippen LogP contribution is 2.21. The van der Waals surface area contributed by atoms with Crippen LogP contribution in [0.15, 0.2) is 41.7 Å². The van der Waals surface area contributed by atoms with E-state index in [1.165, 1.54) is 17.3 Å². The van der Waals surface area contributed by atoms with Crippen LogP contribution in [-0.2, 0) is 6.42 Å². The molecule has 0 saturated heterocycles. The third-order valence-corrected chi connectivity index (χ3v) is 4.71. The second-order valence-electron chi connectivity index (χ2n) is 5.89. The van der Waals surface area contributed by atoms with Gasteiger partial charge in [0, 0.05) is 11.9 Å². The van der Waals surface area contributed by atoms with Crippen LogP contribution in [0.3, 0.4) is 0 Å². The molecule has 0 aliphatic carbocycles. The van der Waals surface area contributed by atoms with Crippen LogP contribution in [-0.4, -0.2) is 41.0 Å². The molecule has 0 amide bonds. The molecule has 0 spiro atoms. The van der Waals surface area contributed by atoms with Crippen LogP contribution in [0, 0.1) is 6.92 Å². The highest BCUT2D eigenvalue weighted by molar-refractivity contribution is 7.98. The van der Waals surface area contributed by atoms with Crippen molar-refractivity contribution in [1.82, 2.24) is 34.8 Å². The van der Waals surface area contributed by atoms with Gasteiger partial charge >= 0.3 is 0 Å². The van der Waals surface area contributed by atoms with E-state index < -0.39 is 0 Å². The Labute approximate surface area is 160 Å². The molecule has 0 aliphatic rings. The molecule has 3 heterocycles. The van der Waals surface area contributed by atoms with Crippen molar-refractivity contribution in [3.05, 3.63) is 47.8 Å². The minimum Gasteiger partial charge on any atom is -0.324 e. The average Bonchev–Trinajstić information content (AvgIpc) is 3.13. The van der Waals surface area contributed by atoms with Crippen molar-refractivity contribution in [3.8, 4) is 11.4 Å². The van der Waals surface area contributed by atoms with Gasteiger partial charge in [0.1, 0.15) is 5.69 Å². The molecule has 1 aromatic carbocycles. The van der Waals surface area contributed by atoms with Crippen molar-refractivity contribution in [1.29, 1.82) is 0 Å². The predicted octanol–water partition coefficient (Wildman–Crippen LogP) is 3.31. The maximum Gasteiger partial charge on any atom is 0.272 e. The molecule has 136 valence electrons. The summed E-state index contributed by atoms with van der Waals surface area (Å²) in [6, 6.07) is 10.0. The van der Waals surface area contributed by atoms with Gasteiger partial charge in [0.2, 0.25) is 11.1 Å². The molecule has 4 aromatic rings. The van der Waals surface area contributed by atoms with E-state index in [0.717, 1.165) is 17.8 Å². The molecule has 1 N–H and O–H groups in total. The van der Waals surface area contributed by atoms with Crippen molar-refractivity contribution < 1.29 is 0 Å². The van der Waals surface area contributed by atoms with Crippen LogP contribution < -0.4 is 5.32 Å². The first-order valence-corrected chi connectivity index (χ1v) is 9.74. The minimum absolute atomic E-state index is 0.476. The van der Waals surface area contributed by atoms with Crippen molar-refractivity contribution >= 4 is 29.2 Å². The largest absolute Gasteiger partial charge is 0.324 e. The standard InChI is InChI=1S/C18H18N8S/c1-4-12-5-7-13(8-6-12)20-16-19-10-9-14(21-16)15-11(2)26-17(24-23-15)22-18(25-26)27-3/h5-10H,4H2,1-3H3,(H,19,20,21). The van der Waals surface area contributed by atoms with Gasteiger partial charge in [0.05, 0.1) is 11.4 Å². The Morgan fingerprint density at radius 2 is 1.89 bits per heavy atom. The number of hydrogen-bond donors (Lipinski definition) is 1. The maximum atomic E-state index is 4.58. The summed E-state index contributed by atoms with van der Waals surface area (Å²) in [6.07, 6.45) is 4.63. The minimum atomic E-state index is 0.476. The fourth-order valence-electron chi connectivity index (χ4n) is 2.67. The molecule has 0 bridgehead atoms. The molecule has 0 saturated carbocycles. The first-order chi connectivity index (χ1) is 13.2. The molecule has 27 heavy (non-hydrogen) atoms. The number of nitrogens with one attached hydrogen (secondary N) is 1. The van der Waals surface area contributed by atoms with Gasteiger partial charge in [0.25, 0.3) is 5.78 Å². The number of aromatic nitrogens is 7. The average molecular weight is 378 g/mol. The van der Waals surface area contributed by atoms with E-state index in [-0.39, 0.29) is 0 Å². The Bertz CT molecular complexity index is 1090. The van der Waals surface area contributed by atoms with Gasteiger partial charge in [-0.3, -0.25) is 0 Å². The summed E-state index contributed by atoms with van der Waals surface area (Å²) in [5, 5.41) is 16.8. The van der Waals surface area contributed by atoms with E-state index in [1.54, 1.807) is 16.8 Å². The topological polar surface area (TPSA) is 93.8 Å². The number of thioether (sulfide) groups is 1. The number of anilines is 2. The Hall–Kier alpha value is -3.07. The Kier molecular flexibility index (Phi) is 4.68. The third kappa shape index (κ3) is 3.45. The van der Waals surface area contributed by atoms with Gasteiger partial charge in [-0.15, -0.1) is 15.3 Å². The van der Waals surface area contributed by atoms with Crippen LogP contribution in [0.4, 0.5) is 11.6 Å². The van der Waals surface area contributed by atoms with E-state index in [4.69, 9.17) is 0 Å². The molecule has 0 atom stereocenters. The molecule has 0 fully saturated rings. The number of nitrogens with zero attached hydrogens (tertiary/aromatic N) is 7. The van der Waals surface area contributed by atoms with Crippen molar-refractivity contribution in [2.75, 3.05) is 11.6 Å². The second-order valence-corrected chi connectivity index (χ2v) is 6.66. The quantitative estimate of drug-likeness (QED) is 0.529. The summed E-state index contributed by atoms with van der Waals surface area (Å²) in [7, 11) is 0. The van der Waals surface area contributed by atoms with E-state index in [0.29, 0.717) is 28.3 Å². The zero-order valence-electron chi connectivity index (χ0n) is 15.2. The van der Waals surface area contributed by atoms with E-state index in [1.807, 2.05) is 25.3 Å². The van der Waals surface area contributed by atoms with E-state index in [2.05, 4.69) is 54.6 Å². The lowest BCUT2D eigenvalue weighted by Gasteiger charge is -2.08. The highest BCUT2D eigenvalue weighted by Gasteiger charge is 2.14. The van der Waals surface area contributed by atoms with Crippen LogP contribution in [0.5, 0.6) is 0 Å². The van der Waals surface area contributed by atoms with Gasteiger partial charge in [0.15, 0.2) is 0 Å². The van der Waals surface area contributed by atoms with E-state index in [9.17, 15) is 0 Å². The summed E-state index contributed by atoms with van der Waals surface area (Å²) in [6.45, 7) is 4.06. The molecule has 0 aliphatic heterocycles. The number of hydrogen-bond acceptors (Lipinski definition) is 8. The number of fused-ring (bicyclic) bond motifs is 1. The number of rotatable bonds is 5. The second kappa shape index (κ2) is 7.28. The molecule has 4 rings (SSSR count). The molecule has 0 radical (unpaired) electrons. The van der Waals surface area contributed by atoms with Crippen molar-refractivity contribution in [3.63, 3.8) is 0 Å². The molecule has 9 heteroatoms. The lowest BCUT2D eigenvalue weighted by Crippen LogP contribution is -2.05. The van der Waals surface area contributed by atoms with E-state index >= 15 is 0 Å². The fraction of sp³-hybridized carbons (Fsp3) is 0.222. The van der Waals surface area contributed by atoms with Crippen molar-refractivity contribution in [2.45, 2.75) is 25.4 Å². The monoisotopic (exact) mass is 378 g/mol. The lowest BCUT2D eigenvalue weighted by atomic mass is 10.1. The normalized spacial score (nSPS) is 11.1. The molecule has 3 aromatic heterocycles. The summed E-state index contributed by atoms with van der Waals surface area (Å²) in [5.41, 5.74) is 4.36. The number of aryl methyl sites for hydroxylation is 2. The first kappa shape index (κ1) is 17.3. The summed E-state index contributed by atoms with van der Waals surface area (Å²) < 4.78 is 1.69.